The molecule has 0 aliphatic carbocycles. The second kappa shape index (κ2) is 4.97. The quantitative estimate of drug-likeness (QED) is 0.696. The Morgan fingerprint density at radius 2 is 2.07 bits per heavy atom. The van der Waals surface area contributed by atoms with Gasteiger partial charge in [0.05, 0.1) is 18.0 Å². The average molecular weight is 197 g/mol. The topological polar surface area (TPSA) is 78.9 Å². The third-order valence-corrected chi connectivity index (χ3v) is 2.02. The Kier molecular flexibility index (Phi) is 4.58. The first kappa shape index (κ1) is 12.9. The molecule has 4 nitrogen and oxygen atoms in total. The van der Waals surface area contributed by atoms with E-state index in [1.807, 2.05) is 26.8 Å². The van der Waals surface area contributed by atoms with Gasteiger partial charge in [-0.2, -0.15) is 5.26 Å². The molecule has 0 spiro atoms. The number of nitriles is 1. The van der Waals surface area contributed by atoms with Gasteiger partial charge in [-0.25, -0.2) is 0 Å². The van der Waals surface area contributed by atoms with Gasteiger partial charge in [0.1, 0.15) is 0 Å². The number of carbonyl (C=O) groups is 1. The van der Waals surface area contributed by atoms with E-state index in [2.05, 4.69) is 5.32 Å². The van der Waals surface area contributed by atoms with E-state index < -0.39 is 6.04 Å². The fraction of sp³-hybridized carbons (Fsp3) is 0.800. The molecule has 0 rings (SSSR count). The van der Waals surface area contributed by atoms with Crippen LogP contribution in [0.5, 0.6) is 0 Å². The van der Waals surface area contributed by atoms with Crippen LogP contribution in [-0.4, -0.2) is 18.5 Å². The number of rotatable bonds is 3. The molecule has 0 saturated heterocycles. The molecule has 0 aliphatic rings. The van der Waals surface area contributed by atoms with Gasteiger partial charge in [0.2, 0.25) is 5.91 Å². The number of nitrogens with two attached hydrogens (primary N) is 1. The molecule has 0 aromatic carbocycles. The van der Waals surface area contributed by atoms with Crippen LogP contribution in [0.4, 0.5) is 0 Å². The molecule has 0 bridgehead atoms. The van der Waals surface area contributed by atoms with Crippen LogP contribution < -0.4 is 11.1 Å². The maximum atomic E-state index is 11.5. The second-order valence-corrected chi connectivity index (χ2v) is 4.62. The molecule has 0 aromatic rings. The Labute approximate surface area is 85.5 Å². The van der Waals surface area contributed by atoms with Crippen LogP contribution in [0.25, 0.3) is 0 Å². The van der Waals surface area contributed by atoms with Crippen LogP contribution >= 0.6 is 0 Å². The van der Waals surface area contributed by atoms with Gasteiger partial charge in [0.25, 0.3) is 0 Å². The van der Waals surface area contributed by atoms with E-state index in [9.17, 15) is 4.79 Å². The van der Waals surface area contributed by atoms with Crippen LogP contribution in [0.15, 0.2) is 0 Å². The second-order valence-electron chi connectivity index (χ2n) is 4.62. The van der Waals surface area contributed by atoms with Crippen LogP contribution in [-0.2, 0) is 4.79 Å². The molecule has 0 aromatic heterocycles. The summed E-state index contributed by atoms with van der Waals surface area (Å²) in [4.78, 5) is 11.5. The monoisotopic (exact) mass is 197 g/mol. The molecule has 1 unspecified atom stereocenters. The van der Waals surface area contributed by atoms with Gasteiger partial charge in [-0.3, -0.25) is 4.79 Å². The molecule has 14 heavy (non-hydrogen) atoms. The molecular weight excluding hydrogens is 178 g/mol. The Bertz CT molecular complexity index is 237. The first-order chi connectivity index (χ1) is 6.29. The minimum absolute atomic E-state index is 0.175. The summed E-state index contributed by atoms with van der Waals surface area (Å²) in [6.07, 6.45) is 0. The molecule has 0 saturated carbocycles. The Hall–Kier alpha value is -1.08. The van der Waals surface area contributed by atoms with Gasteiger partial charge in [-0.15, -0.1) is 0 Å². The smallest absolute Gasteiger partial charge is 0.237 e. The SMILES string of the molecule is CC(C#N)CNC(=O)[C@H](N)C(C)(C)C. The summed E-state index contributed by atoms with van der Waals surface area (Å²) in [5.41, 5.74) is 5.48. The van der Waals surface area contributed by atoms with Gasteiger partial charge in [0, 0.05) is 6.54 Å². The molecule has 0 heterocycles. The Morgan fingerprint density at radius 3 is 2.43 bits per heavy atom. The van der Waals surface area contributed by atoms with Crippen molar-refractivity contribution >= 4 is 5.91 Å². The van der Waals surface area contributed by atoms with Crippen molar-refractivity contribution in [3.63, 3.8) is 0 Å². The molecule has 2 atom stereocenters. The fourth-order valence-corrected chi connectivity index (χ4v) is 0.803. The predicted molar refractivity (Wildman–Crippen MR) is 55.2 cm³/mol. The van der Waals surface area contributed by atoms with Crippen molar-refractivity contribution in [1.82, 2.24) is 5.32 Å². The number of hydrogen-bond acceptors (Lipinski definition) is 3. The third kappa shape index (κ3) is 4.24. The molecule has 4 heteroatoms. The van der Waals surface area contributed by atoms with E-state index in [0.717, 1.165) is 0 Å². The highest BCUT2D eigenvalue weighted by Crippen LogP contribution is 2.17. The molecule has 80 valence electrons. The number of amides is 1. The van der Waals surface area contributed by atoms with Crippen molar-refractivity contribution in [2.45, 2.75) is 33.7 Å². The van der Waals surface area contributed by atoms with Gasteiger partial charge < -0.3 is 11.1 Å². The zero-order valence-corrected chi connectivity index (χ0v) is 9.29. The Balaban J connectivity index is 4.05. The highest BCUT2D eigenvalue weighted by atomic mass is 16.2. The van der Waals surface area contributed by atoms with Gasteiger partial charge in [-0.1, -0.05) is 20.8 Å². The number of nitrogens with one attached hydrogen (secondary N) is 1. The first-order valence-corrected chi connectivity index (χ1v) is 4.72. The lowest BCUT2D eigenvalue weighted by atomic mass is 9.87. The van der Waals surface area contributed by atoms with E-state index in [0.29, 0.717) is 6.54 Å². The van der Waals surface area contributed by atoms with E-state index >= 15 is 0 Å². The lowest BCUT2D eigenvalue weighted by Crippen LogP contribution is -2.49. The minimum Gasteiger partial charge on any atom is -0.353 e. The maximum Gasteiger partial charge on any atom is 0.237 e. The van der Waals surface area contributed by atoms with Crippen LogP contribution in [0.3, 0.4) is 0 Å². The minimum atomic E-state index is -0.534. The molecule has 0 radical (unpaired) electrons. The highest BCUT2D eigenvalue weighted by molar-refractivity contribution is 5.82. The zero-order chi connectivity index (χ0) is 11.4. The Morgan fingerprint density at radius 1 is 1.57 bits per heavy atom. The van der Waals surface area contributed by atoms with E-state index in [1.54, 1.807) is 6.92 Å². The number of hydrogen-bond donors (Lipinski definition) is 2. The van der Waals surface area contributed by atoms with E-state index in [4.69, 9.17) is 11.0 Å². The standard InChI is InChI=1S/C10H19N3O/c1-7(5-11)6-13-9(14)8(12)10(2,3)4/h7-8H,6,12H2,1-4H3,(H,13,14)/t7?,8-/m0/s1. The van der Waals surface area contributed by atoms with E-state index in [1.165, 1.54) is 0 Å². The average Bonchev–Trinajstić information content (AvgIpc) is 2.10. The summed E-state index contributed by atoms with van der Waals surface area (Å²) >= 11 is 0. The lowest BCUT2D eigenvalue weighted by Gasteiger charge is -2.25. The maximum absolute atomic E-state index is 11.5. The van der Waals surface area contributed by atoms with Crippen molar-refractivity contribution in [2.75, 3.05) is 6.54 Å². The molecule has 3 N–H and O–H groups in total. The summed E-state index contributed by atoms with van der Waals surface area (Å²) in [7, 11) is 0. The van der Waals surface area contributed by atoms with Gasteiger partial charge >= 0.3 is 0 Å². The predicted octanol–water partition coefficient (Wildman–Crippen LogP) is 0.636. The van der Waals surface area contributed by atoms with Crippen molar-refractivity contribution in [1.29, 1.82) is 5.26 Å². The lowest BCUT2D eigenvalue weighted by molar-refractivity contribution is -0.124. The summed E-state index contributed by atoms with van der Waals surface area (Å²) < 4.78 is 0. The fourth-order valence-electron chi connectivity index (χ4n) is 0.803. The molecular formula is C10H19N3O. The summed E-state index contributed by atoms with van der Waals surface area (Å²) in [5.74, 6) is -0.370. The van der Waals surface area contributed by atoms with Gasteiger partial charge in [0.15, 0.2) is 0 Å². The highest BCUT2D eigenvalue weighted by Gasteiger charge is 2.27. The van der Waals surface area contributed by atoms with Crippen molar-refractivity contribution in [3.05, 3.63) is 0 Å². The normalized spacial score (nSPS) is 15.4. The number of carbonyl (C=O) groups excluding carboxylic acids is 1. The van der Waals surface area contributed by atoms with Crippen LogP contribution in [0.1, 0.15) is 27.7 Å². The summed E-state index contributed by atoms with van der Waals surface area (Å²) in [6, 6.07) is 1.51. The van der Waals surface area contributed by atoms with Crippen LogP contribution in [0.2, 0.25) is 0 Å². The largest absolute Gasteiger partial charge is 0.353 e. The summed E-state index contributed by atoms with van der Waals surface area (Å²) in [5, 5.41) is 11.2. The summed E-state index contributed by atoms with van der Waals surface area (Å²) in [6.45, 7) is 7.84. The van der Waals surface area contributed by atoms with Crippen molar-refractivity contribution < 1.29 is 4.79 Å². The molecule has 0 fully saturated rings. The number of nitrogens with zero attached hydrogens (tertiary/aromatic N) is 1. The van der Waals surface area contributed by atoms with Crippen LogP contribution in [0, 0.1) is 22.7 Å². The first-order valence-electron chi connectivity index (χ1n) is 4.72. The third-order valence-electron chi connectivity index (χ3n) is 2.02. The zero-order valence-electron chi connectivity index (χ0n) is 9.29. The van der Waals surface area contributed by atoms with Crippen molar-refractivity contribution in [2.24, 2.45) is 17.1 Å². The van der Waals surface area contributed by atoms with Gasteiger partial charge in [-0.05, 0) is 12.3 Å². The van der Waals surface area contributed by atoms with E-state index in [-0.39, 0.29) is 17.2 Å². The molecule has 0 aliphatic heterocycles. The molecule has 1 amide bonds. The van der Waals surface area contributed by atoms with Crippen molar-refractivity contribution in [3.8, 4) is 6.07 Å².